The van der Waals surface area contributed by atoms with Crippen molar-refractivity contribution in [1.29, 1.82) is 0 Å². The van der Waals surface area contributed by atoms with Gasteiger partial charge in [-0.2, -0.15) is 8.42 Å². The fraction of sp³-hybridized carbons (Fsp3) is 0.714. The Labute approximate surface area is 72.4 Å². The molecule has 2 N–H and O–H groups in total. The molecule has 0 spiro atoms. The Kier molecular flexibility index (Phi) is 3.25. The Bertz CT molecular complexity index is 258. The third-order valence-electron chi connectivity index (χ3n) is 1.82. The third kappa shape index (κ3) is 3.85. The highest BCUT2D eigenvalue weighted by atomic mass is 32.2. The number of hydrogen-bond acceptors (Lipinski definition) is 3. The van der Waals surface area contributed by atoms with Gasteiger partial charge in [0.25, 0.3) is 10.1 Å². The van der Waals surface area contributed by atoms with Crippen LogP contribution in [0.2, 0.25) is 0 Å². The molecule has 1 atom stereocenters. The molecule has 70 valence electrons. The molecular formula is C7H13NO3S. The van der Waals surface area contributed by atoms with Gasteiger partial charge in [0, 0.05) is 6.04 Å². The lowest BCUT2D eigenvalue weighted by Gasteiger charge is -2.17. The van der Waals surface area contributed by atoms with Gasteiger partial charge in [-0.3, -0.25) is 9.87 Å². The predicted molar refractivity (Wildman–Crippen MR) is 46.3 cm³/mol. The molecule has 0 aromatic rings. The van der Waals surface area contributed by atoms with Crippen molar-refractivity contribution < 1.29 is 13.0 Å². The fourth-order valence-electron chi connectivity index (χ4n) is 1.20. The van der Waals surface area contributed by atoms with Crippen LogP contribution in [-0.2, 0) is 10.1 Å². The van der Waals surface area contributed by atoms with E-state index in [0.29, 0.717) is 0 Å². The minimum atomic E-state index is -3.86. The summed E-state index contributed by atoms with van der Waals surface area (Å²) in [6.45, 7) is 0. The van der Waals surface area contributed by atoms with Crippen molar-refractivity contribution in [1.82, 2.24) is 5.32 Å². The molecule has 12 heavy (non-hydrogen) atoms. The van der Waals surface area contributed by atoms with Crippen LogP contribution in [0.4, 0.5) is 0 Å². The van der Waals surface area contributed by atoms with Crippen LogP contribution in [0.3, 0.4) is 0 Å². The second kappa shape index (κ2) is 4.02. The highest BCUT2D eigenvalue weighted by Crippen LogP contribution is 2.10. The summed E-state index contributed by atoms with van der Waals surface area (Å²) in [6.07, 6.45) is 6.85. The highest BCUT2D eigenvalue weighted by molar-refractivity contribution is 7.85. The molecule has 1 aliphatic rings. The maximum atomic E-state index is 10.3. The maximum Gasteiger partial charge on any atom is 0.278 e. The quantitative estimate of drug-likeness (QED) is 0.504. The second-order valence-electron chi connectivity index (χ2n) is 2.91. The average molecular weight is 191 g/mol. The van der Waals surface area contributed by atoms with Gasteiger partial charge in [0.1, 0.15) is 5.88 Å². The highest BCUT2D eigenvalue weighted by Gasteiger charge is 2.12. The summed E-state index contributed by atoms with van der Waals surface area (Å²) < 4.78 is 29.1. The van der Waals surface area contributed by atoms with E-state index in [1.807, 2.05) is 6.08 Å². The molecule has 0 bridgehead atoms. The summed E-state index contributed by atoms with van der Waals surface area (Å²) in [5.74, 6) is -0.342. The topological polar surface area (TPSA) is 66.4 Å². The number of nitrogens with one attached hydrogen (secondary N) is 1. The van der Waals surface area contributed by atoms with Gasteiger partial charge in [0.05, 0.1) is 0 Å². The predicted octanol–water partition coefficient (Wildman–Crippen LogP) is 0.530. The fourth-order valence-corrected chi connectivity index (χ4v) is 1.65. The first kappa shape index (κ1) is 9.70. The van der Waals surface area contributed by atoms with Crippen molar-refractivity contribution in [3.05, 3.63) is 12.2 Å². The zero-order valence-electron chi connectivity index (χ0n) is 6.73. The van der Waals surface area contributed by atoms with Crippen molar-refractivity contribution in [2.75, 3.05) is 5.88 Å². The van der Waals surface area contributed by atoms with E-state index in [2.05, 4.69) is 11.4 Å². The normalized spacial score (nSPS) is 24.2. The minimum absolute atomic E-state index is 0.192. The van der Waals surface area contributed by atoms with Crippen molar-refractivity contribution in [3.63, 3.8) is 0 Å². The molecule has 0 aromatic carbocycles. The maximum absolute atomic E-state index is 10.3. The molecule has 0 heterocycles. The van der Waals surface area contributed by atoms with Gasteiger partial charge in [-0.05, 0) is 19.3 Å². The Morgan fingerprint density at radius 1 is 1.50 bits per heavy atom. The molecule has 0 saturated heterocycles. The second-order valence-corrected chi connectivity index (χ2v) is 4.36. The summed E-state index contributed by atoms with van der Waals surface area (Å²) in [5, 5.41) is 2.77. The van der Waals surface area contributed by atoms with Crippen LogP contribution in [0.5, 0.6) is 0 Å². The van der Waals surface area contributed by atoms with Crippen molar-refractivity contribution in [2.24, 2.45) is 0 Å². The van der Waals surface area contributed by atoms with E-state index in [9.17, 15) is 8.42 Å². The van der Waals surface area contributed by atoms with Gasteiger partial charge in [-0.1, -0.05) is 12.2 Å². The first-order chi connectivity index (χ1) is 5.58. The zero-order chi connectivity index (χ0) is 9.03. The van der Waals surface area contributed by atoms with Crippen molar-refractivity contribution in [3.8, 4) is 0 Å². The summed E-state index contributed by atoms with van der Waals surface area (Å²) in [5.41, 5.74) is 0. The zero-order valence-corrected chi connectivity index (χ0v) is 7.55. The Morgan fingerprint density at radius 3 is 2.75 bits per heavy atom. The van der Waals surface area contributed by atoms with Crippen LogP contribution in [0.25, 0.3) is 0 Å². The molecule has 0 aliphatic heterocycles. The summed E-state index contributed by atoms with van der Waals surface area (Å²) in [6, 6.07) is 0.192. The molecule has 0 fully saturated rings. The lowest BCUT2D eigenvalue weighted by atomic mass is 10.0. The summed E-state index contributed by atoms with van der Waals surface area (Å²) in [7, 11) is -3.86. The largest absolute Gasteiger partial charge is 0.299 e. The molecule has 4 nitrogen and oxygen atoms in total. The van der Waals surface area contributed by atoms with Crippen molar-refractivity contribution in [2.45, 2.75) is 25.3 Å². The molecule has 0 saturated carbocycles. The lowest BCUT2D eigenvalue weighted by molar-refractivity contribution is 0.453. The van der Waals surface area contributed by atoms with E-state index in [0.717, 1.165) is 19.3 Å². The van der Waals surface area contributed by atoms with Crippen LogP contribution in [0, 0.1) is 0 Å². The van der Waals surface area contributed by atoms with Crippen LogP contribution >= 0.6 is 0 Å². The van der Waals surface area contributed by atoms with Gasteiger partial charge in [0.15, 0.2) is 0 Å². The molecule has 5 heteroatoms. The Balaban J connectivity index is 2.28. The van der Waals surface area contributed by atoms with E-state index >= 15 is 0 Å². The lowest BCUT2D eigenvalue weighted by Crippen LogP contribution is -2.33. The van der Waals surface area contributed by atoms with Gasteiger partial charge >= 0.3 is 0 Å². The number of allylic oxidation sites excluding steroid dienone is 1. The molecule has 1 unspecified atom stereocenters. The number of rotatable bonds is 3. The molecule has 0 amide bonds. The molecule has 0 aromatic heterocycles. The van der Waals surface area contributed by atoms with Crippen molar-refractivity contribution >= 4 is 10.1 Å². The van der Waals surface area contributed by atoms with Crippen LogP contribution in [0.15, 0.2) is 12.2 Å². The Hall–Kier alpha value is -0.390. The van der Waals surface area contributed by atoms with E-state index in [1.165, 1.54) is 0 Å². The minimum Gasteiger partial charge on any atom is -0.299 e. The first-order valence-corrected chi connectivity index (χ1v) is 5.52. The summed E-state index contributed by atoms with van der Waals surface area (Å²) in [4.78, 5) is 0. The number of hydrogen-bond donors (Lipinski definition) is 2. The van der Waals surface area contributed by atoms with E-state index in [1.54, 1.807) is 0 Å². The third-order valence-corrected chi connectivity index (χ3v) is 2.35. The molecule has 1 rings (SSSR count). The average Bonchev–Trinajstić information content (AvgIpc) is 2.02. The van der Waals surface area contributed by atoms with Gasteiger partial charge < -0.3 is 0 Å². The van der Waals surface area contributed by atoms with Crippen LogP contribution < -0.4 is 5.32 Å². The molecule has 0 radical (unpaired) electrons. The van der Waals surface area contributed by atoms with E-state index in [-0.39, 0.29) is 11.9 Å². The standard InChI is InChI=1S/C7H13NO3S/c9-12(10,11)6-8-7-4-2-1-3-5-7/h1-2,7-8H,3-6H2,(H,9,10,11). The van der Waals surface area contributed by atoms with Crippen LogP contribution in [0.1, 0.15) is 19.3 Å². The van der Waals surface area contributed by atoms with Gasteiger partial charge in [0.2, 0.25) is 0 Å². The van der Waals surface area contributed by atoms with Gasteiger partial charge in [-0.15, -0.1) is 0 Å². The van der Waals surface area contributed by atoms with E-state index in [4.69, 9.17) is 4.55 Å². The molecular weight excluding hydrogens is 178 g/mol. The van der Waals surface area contributed by atoms with Crippen LogP contribution in [-0.4, -0.2) is 24.9 Å². The van der Waals surface area contributed by atoms with E-state index < -0.39 is 10.1 Å². The molecule has 1 aliphatic carbocycles. The monoisotopic (exact) mass is 191 g/mol. The first-order valence-electron chi connectivity index (χ1n) is 3.91. The van der Waals surface area contributed by atoms with Gasteiger partial charge in [-0.25, -0.2) is 0 Å². The Morgan fingerprint density at radius 2 is 2.25 bits per heavy atom. The SMILES string of the molecule is O=S(=O)(O)CNC1CC=CCC1. The smallest absolute Gasteiger partial charge is 0.278 e. The summed E-state index contributed by atoms with van der Waals surface area (Å²) >= 11 is 0.